The van der Waals surface area contributed by atoms with Crippen molar-refractivity contribution in [1.82, 2.24) is 19.8 Å². The van der Waals surface area contributed by atoms with Crippen LogP contribution in [0.15, 0.2) is 53.3 Å². The lowest BCUT2D eigenvalue weighted by Crippen LogP contribution is -2.55. The molecule has 0 atom stereocenters. The Bertz CT molecular complexity index is 1140. The monoisotopic (exact) mass is 440 g/mol. The Kier molecular flexibility index (Phi) is 5.98. The number of amides is 1. The summed E-state index contributed by atoms with van der Waals surface area (Å²) in [4.78, 5) is 36.8. The van der Waals surface area contributed by atoms with Gasteiger partial charge in [-0.25, -0.2) is 4.98 Å². The highest BCUT2D eigenvalue weighted by Gasteiger charge is 2.35. The highest BCUT2D eigenvalue weighted by Crippen LogP contribution is 2.23. The molecule has 31 heavy (non-hydrogen) atoms. The number of nitrogens with zero attached hydrogens (tertiary/aromatic N) is 3. The van der Waals surface area contributed by atoms with Crippen molar-refractivity contribution in [3.8, 4) is 5.75 Å². The second-order valence-electron chi connectivity index (χ2n) is 8.16. The van der Waals surface area contributed by atoms with Crippen molar-refractivity contribution in [3.63, 3.8) is 0 Å². The molecule has 0 spiro atoms. The number of benzene rings is 2. The Balaban J connectivity index is 1.36. The van der Waals surface area contributed by atoms with Crippen LogP contribution in [0.2, 0.25) is 5.02 Å². The van der Waals surface area contributed by atoms with Gasteiger partial charge in [-0.1, -0.05) is 23.7 Å². The fourth-order valence-electron chi connectivity index (χ4n) is 3.75. The molecule has 7 nitrogen and oxygen atoms in total. The summed E-state index contributed by atoms with van der Waals surface area (Å²) >= 11 is 5.92. The summed E-state index contributed by atoms with van der Waals surface area (Å²) in [5.74, 6) is 1.18. The van der Waals surface area contributed by atoms with Crippen LogP contribution >= 0.6 is 11.6 Å². The third-order valence-corrected chi connectivity index (χ3v) is 5.65. The summed E-state index contributed by atoms with van der Waals surface area (Å²) in [6.07, 6.45) is 0. The van der Waals surface area contributed by atoms with Gasteiger partial charge in [0.05, 0.1) is 17.4 Å². The van der Waals surface area contributed by atoms with E-state index in [0.717, 1.165) is 0 Å². The minimum absolute atomic E-state index is 0.0562. The lowest BCUT2D eigenvalue weighted by atomic mass is 10.1. The summed E-state index contributed by atoms with van der Waals surface area (Å²) in [7, 11) is 0. The summed E-state index contributed by atoms with van der Waals surface area (Å²) in [6.45, 7) is 6.65. The van der Waals surface area contributed by atoms with Crippen LogP contribution in [0.1, 0.15) is 19.7 Å². The number of halogens is 1. The average molecular weight is 441 g/mol. The molecule has 4 rings (SSSR count). The Morgan fingerprint density at radius 1 is 1.10 bits per heavy atom. The van der Waals surface area contributed by atoms with Crippen molar-refractivity contribution in [1.29, 1.82) is 0 Å². The maximum Gasteiger partial charge on any atom is 0.266 e. The van der Waals surface area contributed by atoms with Crippen LogP contribution in [0, 0.1) is 0 Å². The number of para-hydroxylation sites is 1. The number of carbonyl (C=O) groups is 1. The number of hydrogen-bond donors (Lipinski definition) is 1. The van der Waals surface area contributed by atoms with Gasteiger partial charge in [0.2, 0.25) is 0 Å². The van der Waals surface area contributed by atoms with Gasteiger partial charge >= 0.3 is 0 Å². The quantitative estimate of drug-likeness (QED) is 0.659. The normalized spacial score (nSPS) is 15.3. The Labute approximate surface area is 185 Å². The topological polar surface area (TPSA) is 78.5 Å². The molecule has 1 fully saturated rings. The number of carbonyl (C=O) groups excluding carboxylic acids is 1. The van der Waals surface area contributed by atoms with Crippen LogP contribution in [0.4, 0.5) is 0 Å². The predicted octanol–water partition coefficient (Wildman–Crippen LogP) is 3.08. The number of rotatable bonds is 5. The smallest absolute Gasteiger partial charge is 0.266 e. The van der Waals surface area contributed by atoms with Crippen molar-refractivity contribution in [2.45, 2.75) is 26.0 Å². The molecular formula is C23H25ClN4O3. The third kappa shape index (κ3) is 4.89. The highest BCUT2D eigenvalue weighted by atomic mass is 35.5. The van der Waals surface area contributed by atoms with Crippen molar-refractivity contribution in [3.05, 3.63) is 69.7 Å². The number of ether oxygens (including phenoxy) is 1. The van der Waals surface area contributed by atoms with E-state index in [1.165, 1.54) is 0 Å². The lowest BCUT2D eigenvalue weighted by Gasteiger charge is -2.38. The number of aromatic nitrogens is 2. The van der Waals surface area contributed by atoms with Crippen molar-refractivity contribution in [2.75, 3.05) is 26.2 Å². The number of nitrogens with one attached hydrogen (secondary N) is 1. The highest BCUT2D eigenvalue weighted by molar-refractivity contribution is 6.30. The van der Waals surface area contributed by atoms with E-state index in [0.29, 0.717) is 60.2 Å². The Morgan fingerprint density at radius 2 is 1.77 bits per heavy atom. The van der Waals surface area contributed by atoms with Crippen LogP contribution in [0.5, 0.6) is 5.75 Å². The fourth-order valence-corrected chi connectivity index (χ4v) is 3.88. The molecule has 1 saturated heterocycles. The zero-order valence-corrected chi connectivity index (χ0v) is 18.4. The molecule has 0 radical (unpaired) electrons. The largest absolute Gasteiger partial charge is 0.478 e. The van der Waals surface area contributed by atoms with Gasteiger partial charge in [0.25, 0.3) is 11.5 Å². The van der Waals surface area contributed by atoms with E-state index in [1.54, 1.807) is 44.2 Å². The first-order valence-corrected chi connectivity index (χ1v) is 10.6. The second kappa shape index (κ2) is 8.69. The number of H-pyrrole nitrogens is 1. The molecule has 2 aromatic carbocycles. The summed E-state index contributed by atoms with van der Waals surface area (Å²) in [6, 6.07) is 14.3. The number of fused-ring (bicyclic) bond motifs is 1. The minimum Gasteiger partial charge on any atom is -0.478 e. The van der Waals surface area contributed by atoms with E-state index in [-0.39, 0.29) is 11.5 Å². The Morgan fingerprint density at radius 3 is 2.48 bits per heavy atom. The first-order chi connectivity index (χ1) is 14.8. The fraction of sp³-hybridized carbons (Fsp3) is 0.348. The van der Waals surface area contributed by atoms with Crippen LogP contribution in [0.3, 0.4) is 0 Å². The zero-order chi connectivity index (χ0) is 22.0. The van der Waals surface area contributed by atoms with Gasteiger partial charge < -0.3 is 14.6 Å². The van der Waals surface area contributed by atoms with Crippen LogP contribution < -0.4 is 10.3 Å². The van der Waals surface area contributed by atoms with E-state index in [9.17, 15) is 9.59 Å². The molecule has 1 amide bonds. The van der Waals surface area contributed by atoms with E-state index < -0.39 is 5.60 Å². The molecule has 0 aliphatic carbocycles. The summed E-state index contributed by atoms with van der Waals surface area (Å²) in [5.41, 5.74) is -0.423. The van der Waals surface area contributed by atoms with E-state index in [4.69, 9.17) is 16.3 Å². The molecule has 1 aromatic heterocycles. The van der Waals surface area contributed by atoms with Crippen LogP contribution in [0.25, 0.3) is 10.9 Å². The molecular weight excluding hydrogens is 416 g/mol. The molecule has 3 aromatic rings. The molecule has 2 heterocycles. The van der Waals surface area contributed by atoms with Crippen molar-refractivity contribution < 1.29 is 9.53 Å². The lowest BCUT2D eigenvalue weighted by molar-refractivity contribution is -0.147. The Hall–Kier alpha value is -2.90. The van der Waals surface area contributed by atoms with E-state index >= 15 is 0 Å². The molecule has 8 heteroatoms. The molecule has 0 bridgehead atoms. The number of hydrogen-bond acceptors (Lipinski definition) is 5. The second-order valence-corrected chi connectivity index (χ2v) is 8.60. The van der Waals surface area contributed by atoms with Gasteiger partial charge in [0.15, 0.2) is 5.60 Å². The summed E-state index contributed by atoms with van der Waals surface area (Å²) in [5, 5.41) is 1.21. The summed E-state index contributed by atoms with van der Waals surface area (Å²) < 4.78 is 5.94. The first kappa shape index (κ1) is 21.3. The van der Waals surface area contributed by atoms with Crippen LogP contribution in [-0.4, -0.2) is 57.5 Å². The molecule has 1 aliphatic rings. The molecule has 0 saturated carbocycles. The molecule has 1 aliphatic heterocycles. The molecule has 1 N–H and O–H groups in total. The van der Waals surface area contributed by atoms with Crippen molar-refractivity contribution in [2.24, 2.45) is 0 Å². The van der Waals surface area contributed by atoms with Gasteiger partial charge in [0, 0.05) is 31.2 Å². The number of piperazine rings is 1. The molecule has 162 valence electrons. The van der Waals surface area contributed by atoms with Crippen LogP contribution in [-0.2, 0) is 11.3 Å². The number of aromatic amines is 1. The zero-order valence-electron chi connectivity index (χ0n) is 17.6. The maximum atomic E-state index is 13.0. The van der Waals surface area contributed by atoms with Gasteiger partial charge in [-0.2, -0.15) is 0 Å². The third-order valence-electron chi connectivity index (χ3n) is 5.40. The predicted molar refractivity (Wildman–Crippen MR) is 120 cm³/mol. The first-order valence-electron chi connectivity index (χ1n) is 10.3. The maximum absolute atomic E-state index is 13.0. The minimum atomic E-state index is -0.985. The average Bonchev–Trinajstić information content (AvgIpc) is 2.75. The standard InChI is InChI=1S/C23H25ClN4O3/c1-23(2,31-17-9-7-16(24)8-10-17)22(30)28-13-11-27(12-14-28)15-20-25-19-6-4-3-5-18(19)21(29)26-20/h3-10H,11-15H2,1-2H3,(H,25,26,29). The van der Waals surface area contributed by atoms with Gasteiger partial charge in [-0.05, 0) is 50.2 Å². The van der Waals surface area contributed by atoms with Gasteiger partial charge in [-0.3, -0.25) is 14.5 Å². The van der Waals surface area contributed by atoms with E-state index in [2.05, 4.69) is 14.9 Å². The van der Waals surface area contributed by atoms with E-state index in [1.807, 2.05) is 23.1 Å². The van der Waals surface area contributed by atoms with Gasteiger partial charge in [-0.15, -0.1) is 0 Å². The molecule has 0 unspecified atom stereocenters. The van der Waals surface area contributed by atoms with Gasteiger partial charge in [0.1, 0.15) is 11.6 Å². The SMILES string of the molecule is CC(C)(Oc1ccc(Cl)cc1)C(=O)N1CCN(Cc2nc3ccccc3c(=O)[nH]2)CC1. The van der Waals surface area contributed by atoms with Crippen molar-refractivity contribution >= 4 is 28.4 Å².